The number of carboxylic acid groups (broad SMARTS) is 1. The fourth-order valence-corrected chi connectivity index (χ4v) is 5.31. The fourth-order valence-electron chi connectivity index (χ4n) is 3.54. The van der Waals surface area contributed by atoms with Gasteiger partial charge >= 0.3 is 5.97 Å². The average Bonchev–Trinajstić information content (AvgIpc) is 2.42. The molecule has 122 valence electrons. The molecule has 4 atom stereocenters. The predicted molar refractivity (Wildman–Crippen MR) is 80.0 cm³/mol. The summed E-state index contributed by atoms with van der Waals surface area (Å²) >= 11 is 0. The fraction of sp³-hybridized carbons (Fsp3) is 0.929. The van der Waals surface area contributed by atoms with Gasteiger partial charge in [-0.05, 0) is 50.4 Å². The highest BCUT2D eigenvalue weighted by molar-refractivity contribution is 7.87. The van der Waals surface area contributed by atoms with Crippen molar-refractivity contribution in [3.05, 3.63) is 0 Å². The summed E-state index contributed by atoms with van der Waals surface area (Å²) in [5.41, 5.74) is 0. The number of nitrogens with one attached hydrogen (secondary N) is 1. The Morgan fingerprint density at radius 3 is 2.52 bits per heavy atom. The van der Waals surface area contributed by atoms with E-state index in [1.54, 1.807) is 0 Å². The zero-order chi connectivity index (χ0) is 15.6. The first-order valence-electron chi connectivity index (χ1n) is 7.83. The molecule has 4 unspecified atom stereocenters. The number of hydrogen-bond acceptors (Lipinski definition) is 3. The van der Waals surface area contributed by atoms with Crippen LogP contribution in [0.3, 0.4) is 0 Å². The molecule has 0 bridgehead atoms. The van der Waals surface area contributed by atoms with Gasteiger partial charge in [0.05, 0.1) is 0 Å². The zero-order valence-corrected chi connectivity index (χ0v) is 13.6. The second kappa shape index (κ2) is 6.62. The van der Waals surface area contributed by atoms with Crippen molar-refractivity contribution in [2.75, 3.05) is 6.54 Å². The van der Waals surface area contributed by atoms with Crippen molar-refractivity contribution in [1.82, 2.24) is 9.03 Å². The van der Waals surface area contributed by atoms with E-state index in [0.29, 0.717) is 18.9 Å². The van der Waals surface area contributed by atoms with E-state index in [1.807, 2.05) is 0 Å². The van der Waals surface area contributed by atoms with Gasteiger partial charge in [-0.15, -0.1) is 0 Å². The van der Waals surface area contributed by atoms with Gasteiger partial charge in [0.25, 0.3) is 10.2 Å². The molecule has 0 amide bonds. The van der Waals surface area contributed by atoms with E-state index in [4.69, 9.17) is 0 Å². The third-order valence-electron chi connectivity index (χ3n) is 4.78. The molecule has 0 aromatic heterocycles. The molecule has 1 aliphatic heterocycles. The van der Waals surface area contributed by atoms with Crippen LogP contribution in [0, 0.1) is 11.8 Å². The summed E-state index contributed by atoms with van der Waals surface area (Å²) in [7, 11) is -3.73. The van der Waals surface area contributed by atoms with Crippen LogP contribution < -0.4 is 4.72 Å². The quantitative estimate of drug-likeness (QED) is 0.824. The lowest BCUT2D eigenvalue weighted by Gasteiger charge is -2.37. The normalized spacial score (nSPS) is 35.5. The SMILES string of the molecule is CC1CCC(NS(=O)(=O)N2CCCCC2C(=O)O)C(C)C1. The first-order chi connectivity index (χ1) is 9.81. The number of carboxylic acids is 1. The Balaban J connectivity index is 2.08. The minimum Gasteiger partial charge on any atom is -0.480 e. The maximum absolute atomic E-state index is 12.5. The maximum atomic E-state index is 12.5. The lowest BCUT2D eigenvalue weighted by molar-refractivity contribution is -0.142. The molecule has 2 fully saturated rings. The van der Waals surface area contributed by atoms with Gasteiger partial charge in [0, 0.05) is 12.6 Å². The molecule has 0 radical (unpaired) electrons. The molecule has 1 aliphatic carbocycles. The molecule has 0 aromatic carbocycles. The molecule has 2 aliphatic rings. The monoisotopic (exact) mass is 318 g/mol. The van der Waals surface area contributed by atoms with Crippen LogP contribution in [0.15, 0.2) is 0 Å². The molecule has 0 spiro atoms. The number of piperidine rings is 1. The maximum Gasteiger partial charge on any atom is 0.322 e. The summed E-state index contributed by atoms with van der Waals surface area (Å²) in [4.78, 5) is 11.3. The first kappa shape index (κ1) is 16.7. The topological polar surface area (TPSA) is 86.7 Å². The zero-order valence-electron chi connectivity index (χ0n) is 12.8. The Kier molecular flexibility index (Phi) is 5.27. The van der Waals surface area contributed by atoms with Gasteiger partial charge in [0.15, 0.2) is 0 Å². The summed E-state index contributed by atoms with van der Waals surface area (Å²) in [6, 6.07) is -1.00. The number of carbonyl (C=O) groups is 1. The summed E-state index contributed by atoms with van der Waals surface area (Å²) in [6.45, 7) is 4.55. The lowest BCUT2D eigenvalue weighted by atomic mass is 9.80. The summed E-state index contributed by atoms with van der Waals surface area (Å²) in [5, 5.41) is 9.23. The van der Waals surface area contributed by atoms with E-state index in [2.05, 4.69) is 18.6 Å². The summed E-state index contributed by atoms with van der Waals surface area (Å²) in [6.07, 6.45) is 4.73. The van der Waals surface area contributed by atoms with Crippen molar-refractivity contribution in [3.63, 3.8) is 0 Å². The molecule has 1 heterocycles. The van der Waals surface area contributed by atoms with Crippen LogP contribution in [0.4, 0.5) is 0 Å². The Bertz CT molecular complexity index is 479. The van der Waals surface area contributed by atoms with Crippen molar-refractivity contribution < 1.29 is 18.3 Å². The highest BCUT2D eigenvalue weighted by Gasteiger charge is 2.39. The van der Waals surface area contributed by atoms with Gasteiger partial charge in [0.1, 0.15) is 6.04 Å². The van der Waals surface area contributed by atoms with E-state index in [9.17, 15) is 18.3 Å². The molecule has 2 rings (SSSR count). The summed E-state index contributed by atoms with van der Waals surface area (Å²) in [5.74, 6) is -0.135. The molecule has 21 heavy (non-hydrogen) atoms. The second-order valence-electron chi connectivity index (χ2n) is 6.59. The van der Waals surface area contributed by atoms with Crippen LogP contribution in [-0.4, -0.2) is 42.4 Å². The van der Waals surface area contributed by atoms with Gasteiger partial charge in [-0.2, -0.15) is 17.4 Å². The van der Waals surface area contributed by atoms with Gasteiger partial charge in [-0.25, -0.2) is 0 Å². The van der Waals surface area contributed by atoms with Gasteiger partial charge in [-0.3, -0.25) is 4.79 Å². The Labute approximate surface area is 127 Å². The van der Waals surface area contributed by atoms with E-state index < -0.39 is 22.2 Å². The summed E-state index contributed by atoms with van der Waals surface area (Å²) < 4.78 is 29.0. The molecule has 2 N–H and O–H groups in total. The number of nitrogens with zero attached hydrogens (tertiary/aromatic N) is 1. The molecule has 7 heteroatoms. The lowest BCUT2D eigenvalue weighted by Crippen LogP contribution is -2.55. The van der Waals surface area contributed by atoms with E-state index >= 15 is 0 Å². The third-order valence-corrected chi connectivity index (χ3v) is 6.43. The predicted octanol–water partition coefficient (Wildman–Crippen LogP) is 1.58. The van der Waals surface area contributed by atoms with Gasteiger partial charge in [-0.1, -0.05) is 13.8 Å². The highest BCUT2D eigenvalue weighted by atomic mass is 32.2. The van der Waals surface area contributed by atoms with Crippen molar-refractivity contribution in [2.24, 2.45) is 11.8 Å². The average molecular weight is 318 g/mol. The van der Waals surface area contributed by atoms with Gasteiger partial charge in [0.2, 0.25) is 0 Å². The van der Waals surface area contributed by atoms with Crippen LogP contribution in [0.2, 0.25) is 0 Å². The first-order valence-corrected chi connectivity index (χ1v) is 9.27. The highest BCUT2D eigenvalue weighted by Crippen LogP contribution is 2.30. The minimum absolute atomic E-state index is 0.0810. The Morgan fingerprint density at radius 2 is 1.90 bits per heavy atom. The van der Waals surface area contributed by atoms with Gasteiger partial charge < -0.3 is 5.11 Å². The number of aliphatic carboxylic acids is 1. The largest absolute Gasteiger partial charge is 0.480 e. The second-order valence-corrected chi connectivity index (χ2v) is 8.24. The van der Waals surface area contributed by atoms with Crippen LogP contribution in [0.1, 0.15) is 52.4 Å². The molecular weight excluding hydrogens is 292 g/mol. The van der Waals surface area contributed by atoms with Crippen molar-refractivity contribution in [1.29, 1.82) is 0 Å². The Hall–Kier alpha value is -0.660. The molecular formula is C14H26N2O4S. The molecule has 1 saturated heterocycles. The Morgan fingerprint density at radius 1 is 1.19 bits per heavy atom. The van der Waals surface area contributed by atoms with E-state index in [0.717, 1.165) is 36.4 Å². The van der Waals surface area contributed by atoms with Crippen molar-refractivity contribution in [3.8, 4) is 0 Å². The standard InChI is InChI=1S/C14H26N2O4S/c1-10-6-7-12(11(2)9-10)15-21(19,20)16-8-4-3-5-13(16)14(17)18/h10-13,15H,3-9H2,1-2H3,(H,17,18). The molecule has 1 saturated carbocycles. The third kappa shape index (κ3) is 3.96. The molecule has 6 nitrogen and oxygen atoms in total. The minimum atomic E-state index is -3.73. The van der Waals surface area contributed by atoms with Crippen LogP contribution in [0.5, 0.6) is 0 Å². The van der Waals surface area contributed by atoms with E-state index in [-0.39, 0.29) is 12.0 Å². The molecule has 0 aromatic rings. The number of hydrogen-bond donors (Lipinski definition) is 2. The van der Waals surface area contributed by atoms with Crippen molar-refractivity contribution >= 4 is 16.2 Å². The van der Waals surface area contributed by atoms with Crippen LogP contribution in [0.25, 0.3) is 0 Å². The van der Waals surface area contributed by atoms with E-state index in [1.165, 1.54) is 0 Å². The van der Waals surface area contributed by atoms with Crippen LogP contribution in [-0.2, 0) is 15.0 Å². The smallest absolute Gasteiger partial charge is 0.322 e. The van der Waals surface area contributed by atoms with Crippen molar-refractivity contribution in [2.45, 2.75) is 64.5 Å². The van der Waals surface area contributed by atoms with Crippen LogP contribution >= 0.6 is 0 Å². The number of rotatable bonds is 4.